The first-order valence-corrected chi connectivity index (χ1v) is 6.74. The quantitative estimate of drug-likeness (QED) is 0.730. The minimum atomic E-state index is 0.390. The highest BCUT2D eigenvalue weighted by Crippen LogP contribution is 2.26. The Hall–Kier alpha value is 0.310. The number of rotatable bonds is 6. The summed E-state index contributed by atoms with van der Waals surface area (Å²) in [7, 11) is 2.09. The van der Waals surface area contributed by atoms with Crippen molar-refractivity contribution in [2.45, 2.75) is 58.2 Å². The maximum atomic E-state index is 3.46. The highest BCUT2D eigenvalue weighted by Gasteiger charge is 2.19. The van der Waals surface area contributed by atoms with Gasteiger partial charge in [0.05, 0.1) is 0 Å². The van der Waals surface area contributed by atoms with Gasteiger partial charge in [0.1, 0.15) is 0 Å². The average molecular weight is 217 g/mol. The van der Waals surface area contributed by atoms with Gasteiger partial charge in [0, 0.05) is 16.5 Å². The van der Waals surface area contributed by atoms with Crippen LogP contribution in [-0.2, 0) is 0 Å². The molecule has 0 rings (SSSR count). The molecule has 0 amide bonds. The van der Waals surface area contributed by atoms with Gasteiger partial charge in [-0.3, -0.25) is 0 Å². The molecule has 0 saturated heterocycles. The number of hydrogen-bond donors (Lipinski definition) is 1. The molecule has 0 fully saturated rings. The molecule has 1 N–H and O–H groups in total. The average Bonchev–Trinajstić information content (AvgIpc) is 2.10. The Morgan fingerprint density at radius 1 is 1.14 bits per heavy atom. The van der Waals surface area contributed by atoms with Crippen molar-refractivity contribution in [1.29, 1.82) is 0 Å². The Balaban J connectivity index is 4.01. The van der Waals surface area contributed by atoms with Gasteiger partial charge in [0.25, 0.3) is 0 Å². The Kier molecular flexibility index (Phi) is 6.88. The molecule has 0 aromatic rings. The van der Waals surface area contributed by atoms with Gasteiger partial charge in [-0.2, -0.15) is 11.8 Å². The summed E-state index contributed by atoms with van der Waals surface area (Å²) in [4.78, 5) is 0. The summed E-state index contributed by atoms with van der Waals surface area (Å²) in [6, 6.07) is 0.675. The lowest BCUT2D eigenvalue weighted by Crippen LogP contribution is -2.36. The van der Waals surface area contributed by atoms with Crippen LogP contribution in [0.3, 0.4) is 0 Å². The molecule has 1 unspecified atom stereocenters. The lowest BCUT2D eigenvalue weighted by molar-refractivity contribution is 0.377. The predicted octanol–water partition coefficient (Wildman–Crippen LogP) is 3.54. The van der Waals surface area contributed by atoms with Crippen LogP contribution < -0.4 is 5.32 Å². The summed E-state index contributed by atoms with van der Waals surface area (Å²) in [5, 5.41) is 3.46. The molecule has 0 saturated carbocycles. The fourth-order valence-electron chi connectivity index (χ4n) is 1.65. The molecule has 0 radical (unpaired) electrons. The first-order valence-electron chi connectivity index (χ1n) is 5.75. The van der Waals surface area contributed by atoms with Gasteiger partial charge in [0.15, 0.2) is 0 Å². The third-order valence-corrected chi connectivity index (χ3v) is 4.08. The van der Waals surface area contributed by atoms with E-state index in [1.54, 1.807) is 0 Å². The zero-order valence-corrected chi connectivity index (χ0v) is 11.5. The van der Waals surface area contributed by atoms with Crippen LogP contribution in [0.15, 0.2) is 0 Å². The van der Waals surface area contributed by atoms with Crippen LogP contribution in [0.25, 0.3) is 0 Å². The third kappa shape index (κ3) is 5.92. The van der Waals surface area contributed by atoms with E-state index in [-0.39, 0.29) is 0 Å². The van der Waals surface area contributed by atoms with E-state index in [4.69, 9.17) is 0 Å². The van der Waals surface area contributed by atoms with Crippen LogP contribution in [0.1, 0.15) is 47.5 Å². The number of thioether (sulfide) groups is 1. The highest BCUT2D eigenvalue weighted by atomic mass is 32.2. The van der Waals surface area contributed by atoms with E-state index in [0.717, 1.165) is 5.92 Å². The van der Waals surface area contributed by atoms with Crippen molar-refractivity contribution >= 4 is 11.8 Å². The standard InChI is InChI=1S/C12H27NS/c1-7-10(8-2)11(13-6)9-14-12(3,4)5/h10-11,13H,7-9H2,1-6H3. The molecule has 0 aliphatic heterocycles. The van der Waals surface area contributed by atoms with E-state index >= 15 is 0 Å². The third-order valence-electron chi connectivity index (χ3n) is 2.68. The van der Waals surface area contributed by atoms with Crippen LogP contribution in [-0.4, -0.2) is 23.6 Å². The van der Waals surface area contributed by atoms with Crippen molar-refractivity contribution in [3.8, 4) is 0 Å². The van der Waals surface area contributed by atoms with Crippen molar-refractivity contribution in [2.24, 2.45) is 5.92 Å². The molecule has 0 aromatic heterocycles. The molecule has 0 spiro atoms. The molecule has 0 aliphatic rings. The molecule has 0 heterocycles. The zero-order valence-electron chi connectivity index (χ0n) is 10.7. The molecule has 14 heavy (non-hydrogen) atoms. The SMILES string of the molecule is CCC(CC)C(CSC(C)(C)C)NC. The fraction of sp³-hybridized carbons (Fsp3) is 1.00. The molecule has 2 heteroatoms. The topological polar surface area (TPSA) is 12.0 Å². The van der Waals surface area contributed by atoms with Crippen molar-refractivity contribution in [3.63, 3.8) is 0 Å². The first-order chi connectivity index (χ1) is 6.44. The van der Waals surface area contributed by atoms with E-state index in [2.05, 4.69) is 58.7 Å². The monoisotopic (exact) mass is 217 g/mol. The molecule has 0 aromatic carbocycles. The van der Waals surface area contributed by atoms with Crippen molar-refractivity contribution < 1.29 is 0 Å². The van der Waals surface area contributed by atoms with Gasteiger partial charge in [0.2, 0.25) is 0 Å². The van der Waals surface area contributed by atoms with Gasteiger partial charge in [-0.15, -0.1) is 0 Å². The van der Waals surface area contributed by atoms with Crippen molar-refractivity contribution in [2.75, 3.05) is 12.8 Å². The second-order valence-electron chi connectivity index (χ2n) is 4.90. The minimum absolute atomic E-state index is 0.390. The summed E-state index contributed by atoms with van der Waals surface area (Å²) in [6.45, 7) is 11.5. The normalized spacial score (nSPS) is 14.8. The second-order valence-corrected chi connectivity index (χ2v) is 6.74. The van der Waals surface area contributed by atoms with Crippen LogP contribution in [0.2, 0.25) is 0 Å². The molecular weight excluding hydrogens is 190 g/mol. The largest absolute Gasteiger partial charge is 0.316 e. The van der Waals surface area contributed by atoms with E-state index in [0.29, 0.717) is 10.8 Å². The smallest absolute Gasteiger partial charge is 0.0183 e. The number of nitrogens with one attached hydrogen (secondary N) is 1. The summed E-state index contributed by atoms with van der Waals surface area (Å²) in [5.74, 6) is 2.06. The Morgan fingerprint density at radius 2 is 1.64 bits per heavy atom. The van der Waals surface area contributed by atoms with Crippen molar-refractivity contribution in [3.05, 3.63) is 0 Å². The van der Waals surface area contributed by atoms with Gasteiger partial charge in [-0.1, -0.05) is 47.5 Å². The highest BCUT2D eigenvalue weighted by molar-refractivity contribution is 8.00. The van der Waals surface area contributed by atoms with Crippen LogP contribution >= 0.6 is 11.8 Å². The van der Waals surface area contributed by atoms with E-state index < -0.39 is 0 Å². The summed E-state index contributed by atoms with van der Waals surface area (Å²) >= 11 is 2.06. The molecule has 1 nitrogen and oxygen atoms in total. The molecule has 0 bridgehead atoms. The lowest BCUT2D eigenvalue weighted by atomic mass is 9.96. The Morgan fingerprint density at radius 3 is 1.93 bits per heavy atom. The van der Waals surface area contributed by atoms with Crippen molar-refractivity contribution in [1.82, 2.24) is 5.32 Å². The summed E-state index contributed by atoms with van der Waals surface area (Å²) < 4.78 is 0.390. The second kappa shape index (κ2) is 6.73. The maximum Gasteiger partial charge on any atom is 0.0183 e. The van der Waals surface area contributed by atoms with Gasteiger partial charge in [-0.25, -0.2) is 0 Å². The zero-order chi connectivity index (χ0) is 11.2. The minimum Gasteiger partial charge on any atom is -0.316 e. The molecule has 0 aliphatic carbocycles. The van der Waals surface area contributed by atoms with Gasteiger partial charge >= 0.3 is 0 Å². The summed E-state index contributed by atoms with van der Waals surface area (Å²) in [6.07, 6.45) is 2.57. The van der Waals surface area contributed by atoms with E-state index in [1.807, 2.05) is 0 Å². The predicted molar refractivity (Wildman–Crippen MR) is 69.1 cm³/mol. The molecule has 86 valence electrons. The number of hydrogen-bond acceptors (Lipinski definition) is 2. The summed E-state index contributed by atoms with van der Waals surface area (Å²) in [5.41, 5.74) is 0. The fourth-order valence-corrected chi connectivity index (χ4v) is 2.77. The van der Waals surface area contributed by atoms with Crippen LogP contribution in [0.5, 0.6) is 0 Å². The molecular formula is C12H27NS. The Bertz CT molecular complexity index is 136. The first kappa shape index (κ1) is 14.3. The van der Waals surface area contributed by atoms with Crippen LogP contribution in [0, 0.1) is 5.92 Å². The van der Waals surface area contributed by atoms with Crippen LogP contribution in [0.4, 0.5) is 0 Å². The molecule has 1 atom stereocenters. The van der Waals surface area contributed by atoms with E-state index in [1.165, 1.54) is 18.6 Å². The van der Waals surface area contributed by atoms with E-state index in [9.17, 15) is 0 Å². The maximum absolute atomic E-state index is 3.46. The lowest BCUT2D eigenvalue weighted by Gasteiger charge is -2.28. The van der Waals surface area contributed by atoms with Gasteiger partial charge < -0.3 is 5.32 Å². The Labute approximate surface area is 94.4 Å². The van der Waals surface area contributed by atoms with Gasteiger partial charge in [-0.05, 0) is 13.0 Å².